The standard InChI is InChI=1S/C19H23N5O3/c1-19(2,3)12-6-7-15(27-5)14(8-12)22-16(25)10-24-11-20-17-13(18(24)26)9-21-23(17)4/h6-9,11H,10H2,1-5H3,(H,22,25). The number of rotatable bonds is 4. The second-order valence-electron chi connectivity index (χ2n) is 7.40. The van der Waals surface area contributed by atoms with Crippen LogP contribution in [0.2, 0.25) is 0 Å². The molecule has 2 aromatic heterocycles. The highest BCUT2D eigenvalue weighted by Crippen LogP contribution is 2.31. The van der Waals surface area contributed by atoms with Gasteiger partial charge in [0.2, 0.25) is 5.91 Å². The van der Waals surface area contributed by atoms with E-state index >= 15 is 0 Å². The minimum Gasteiger partial charge on any atom is -0.495 e. The Hall–Kier alpha value is -3.16. The highest BCUT2D eigenvalue weighted by Gasteiger charge is 2.17. The van der Waals surface area contributed by atoms with Crippen molar-refractivity contribution in [3.8, 4) is 5.75 Å². The number of methoxy groups -OCH3 is 1. The molecule has 0 aliphatic rings. The first kappa shape index (κ1) is 18.6. The highest BCUT2D eigenvalue weighted by atomic mass is 16.5. The van der Waals surface area contributed by atoms with Crippen molar-refractivity contribution in [2.24, 2.45) is 7.05 Å². The van der Waals surface area contributed by atoms with Crippen molar-refractivity contribution < 1.29 is 9.53 Å². The van der Waals surface area contributed by atoms with Crippen LogP contribution in [-0.2, 0) is 23.8 Å². The Balaban J connectivity index is 1.86. The molecule has 3 aromatic rings. The van der Waals surface area contributed by atoms with Crippen LogP contribution in [0.1, 0.15) is 26.3 Å². The largest absolute Gasteiger partial charge is 0.495 e. The zero-order chi connectivity index (χ0) is 19.8. The molecule has 2 heterocycles. The summed E-state index contributed by atoms with van der Waals surface area (Å²) in [4.78, 5) is 29.2. The van der Waals surface area contributed by atoms with Gasteiger partial charge < -0.3 is 10.1 Å². The summed E-state index contributed by atoms with van der Waals surface area (Å²) < 4.78 is 8.12. The number of ether oxygens (including phenoxy) is 1. The van der Waals surface area contributed by atoms with Crippen LogP contribution in [0.4, 0.5) is 5.69 Å². The average molecular weight is 369 g/mol. The molecule has 0 unspecified atom stereocenters. The summed E-state index contributed by atoms with van der Waals surface area (Å²) in [6.45, 7) is 6.12. The lowest BCUT2D eigenvalue weighted by Gasteiger charge is -2.21. The van der Waals surface area contributed by atoms with Gasteiger partial charge in [0.05, 0.1) is 19.0 Å². The fourth-order valence-electron chi connectivity index (χ4n) is 2.80. The molecular formula is C19H23N5O3. The van der Waals surface area contributed by atoms with Crippen LogP contribution in [0.5, 0.6) is 5.75 Å². The predicted molar refractivity (Wildman–Crippen MR) is 103 cm³/mol. The topological polar surface area (TPSA) is 91.0 Å². The molecule has 0 spiro atoms. The summed E-state index contributed by atoms with van der Waals surface area (Å²) in [5.74, 6) is 0.219. The van der Waals surface area contributed by atoms with Crippen LogP contribution < -0.4 is 15.6 Å². The van der Waals surface area contributed by atoms with E-state index in [0.29, 0.717) is 22.5 Å². The van der Waals surface area contributed by atoms with Gasteiger partial charge in [-0.3, -0.25) is 18.8 Å². The molecule has 1 N–H and O–H groups in total. The summed E-state index contributed by atoms with van der Waals surface area (Å²) >= 11 is 0. The molecule has 1 aromatic carbocycles. The highest BCUT2D eigenvalue weighted by molar-refractivity contribution is 5.92. The van der Waals surface area contributed by atoms with E-state index in [9.17, 15) is 9.59 Å². The van der Waals surface area contributed by atoms with Crippen LogP contribution in [0, 0.1) is 0 Å². The third-order valence-corrected chi connectivity index (χ3v) is 4.37. The SMILES string of the molecule is COc1ccc(C(C)(C)C)cc1NC(=O)Cn1cnc2c(cnn2C)c1=O. The lowest BCUT2D eigenvalue weighted by Crippen LogP contribution is -2.28. The van der Waals surface area contributed by atoms with Gasteiger partial charge in [-0.2, -0.15) is 5.10 Å². The normalized spacial score (nSPS) is 11.6. The fourth-order valence-corrected chi connectivity index (χ4v) is 2.80. The Kier molecular flexibility index (Phi) is 4.73. The average Bonchev–Trinajstić information content (AvgIpc) is 2.98. The van der Waals surface area contributed by atoms with E-state index in [4.69, 9.17) is 4.74 Å². The number of nitrogens with zero attached hydrogens (tertiary/aromatic N) is 4. The van der Waals surface area contributed by atoms with Crippen molar-refractivity contribution in [3.63, 3.8) is 0 Å². The first-order valence-electron chi connectivity index (χ1n) is 8.56. The summed E-state index contributed by atoms with van der Waals surface area (Å²) in [5.41, 5.74) is 1.74. The number of benzene rings is 1. The molecule has 8 heteroatoms. The second-order valence-corrected chi connectivity index (χ2v) is 7.40. The molecule has 0 radical (unpaired) electrons. The van der Waals surface area contributed by atoms with Gasteiger partial charge in [0.15, 0.2) is 5.65 Å². The lowest BCUT2D eigenvalue weighted by molar-refractivity contribution is -0.116. The van der Waals surface area contributed by atoms with E-state index < -0.39 is 0 Å². The minimum absolute atomic E-state index is 0.0715. The summed E-state index contributed by atoms with van der Waals surface area (Å²) in [5, 5.41) is 7.23. The summed E-state index contributed by atoms with van der Waals surface area (Å²) in [6.07, 6.45) is 2.81. The molecule has 142 valence electrons. The molecular weight excluding hydrogens is 346 g/mol. The quantitative estimate of drug-likeness (QED) is 0.760. The zero-order valence-electron chi connectivity index (χ0n) is 16.1. The number of aromatic nitrogens is 4. The summed E-state index contributed by atoms with van der Waals surface area (Å²) in [6, 6.07) is 5.69. The second kappa shape index (κ2) is 6.86. The molecule has 3 rings (SSSR count). The van der Waals surface area contributed by atoms with Crippen LogP contribution in [0.3, 0.4) is 0 Å². The number of carbonyl (C=O) groups is 1. The molecule has 0 atom stereocenters. The first-order chi connectivity index (χ1) is 12.7. The Labute approximate surface area is 156 Å². The molecule has 27 heavy (non-hydrogen) atoms. The van der Waals surface area contributed by atoms with E-state index in [0.717, 1.165) is 5.56 Å². The van der Waals surface area contributed by atoms with Gasteiger partial charge >= 0.3 is 0 Å². The maximum atomic E-state index is 12.5. The summed E-state index contributed by atoms with van der Waals surface area (Å²) in [7, 11) is 3.26. The molecule has 0 bridgehead atoms. The van der Waals surface area contributed by atoms with Gasteiger partial charge in [-0.15, -0.1) is 0 Å². The van der Waals surface area contributed by atoms with Crippen molar-refractivity contribution in [1.82, 2.24) is 19.3 Å². The Morgan fingerprint density at radius 1 is 1.30 bits per heavy atom. The van der Waals surface area contributed by atoms with Crippen molar-refractivity contribution >= 4 is 22.6 Å². The molecule has 0 aliphatic carbocycles. The van der Waals surface area contributed by atoms with Gasteiger partial charge in [-0.25, -0.2) is 4.98 Å². The molecule has 0 saturated carbocycles. The van der Waals surface area contributed by atoms with E-state index in [1.165, 1.54) is 21.8 Å². The van der Waals surface area contributed by atoms with Crippen LogP contribution in [0.15, 0.2) is 35.5 Å². The van der Waals surface area contributed by atoms with Crippen molar-refractivity contribution in [1.29, 1.82) is 0 Å². The van der Waals surface area contributed by atoms with Crippen molar-refractivity contribution in [2.75, 3.05) is 12.4 Å². The number of carbonyl (C=O) groups excluding carboxylic acids is 1. The first-order valence-corrected chi connectivity index (χ1v) is 8.56. The third kappa shape index (κ3) is 3.69. The number of aryl methyl sites for hydroxylation is 1. The fraction of sp³-hybridized carbons (Fsp3) is 0.368. The number of hydrogen-bond donors (Lipinski definition) is 1. The van der Waals surface area contributed by atoms with Crippen molar-refractivity contribution in [2.45, 2.75) is 32.7 Å². The number of nitrogens with one attached hydrogen (secondary N) is 1. The number of hydrogen-bond acceptors (Lipinski definition) is 5. The Morgan fingerprint density at radius 3 is 2.70 bits per heavy atom. The Morgan fingerprint density at radius 2 is 2.04 bits per heavy atom. The van der Waals surface area contributed by atoms with Gasteiger partial charge in [0.25, 0.3) is 5.56 Å². The van der Waals surface area contributed by atoms with Gasteiger partial charge in [-0.1, -0.05) is 26.8 Å². The van der Waals surface area contributed by atoms with E-state index in [1.807, 2.05) is 18.2 Å². The van der Waals surface area contributed by atoms with Crippen LogP contribution >= 0.6 is 0 Å². The number of fused-ring (bicyclic) bond motifs is 1. The molecule has 0 aliphatic heterocycles. The Bertz CT molecular complexity index is 1060. The lowest BCUT2D eigenvalue weighted by atomic mass is 9.87. The molecule has 0 saturated heterocycles. The van der Waals surface area contributed by atoms with Crippen LogP contribution in [-0.4, -0.2) is 32.3 Å². The number of amides is 1. The van der Waals surface area contributed by atoms with E-state index in [-0.39, 0.29) is 23.4 Å². The van der Waals surface area contributed by atoms with Crippen LogP contribution in [0.25, 0.3) is 11.0 Å². The maximum absolute atomic E-state index is 12.5. The number of anilines is 1. The van der Waals surface area contributed by atoms with E-state index in [1.54, 1.807) is 14.2 Å². The van der Waals surface area contributed by atoms with Gasteiger partial charge in [-0.05, 0) is 23.1 Å². The van der Waals surface area contributed by atoms with Gasteiger partial charge in [0.1, 0.15) is 24.0 Å². The smallest absolute Gasteiger partial charge is 0.264 e. The predicted octanol–water partition coefficient (Wildman–Crippen LogP) is 2.07. The van der Waals surface area contributed by atoms with E-state index in [2.05, 4.69) is 36.2 Å². The molecule has 1 amide bonds. The minimum atomic E-state index is -0.341. The monoisotopic (exact) mass is 369 g/mol. The molecule has 8 nitrogen and oxygen atoms in total. The maximum Gasteiger partial charge on any atom is 0.264 e. The molecule has 0 fully saturated rings. The van der Waals surface area contributed by atoms with Crippen molar-refractivity contribution in [3.05, 3.63) is 46.6 Å². The third-order valence-electron chi connectivity index (χ3n) is 4.37. The van der Waals surface area contributed by atoms with Gasteiger partial charge in [0, 0.05) is 7.05 Å². The zero-order valence-corrected chi connectivity index (χ0v) is 16.1.